The second kappa shape index (κ2) is 10.4. The Bertz CT molecular complexity index is 762. The molecule has 1 aliphatic rings. The van der Waals surface area contributed by atoms with Gasteiger partial charge in [0.05, 0.1) is 5.56 Å². The van der Waals surface area contributed by atoms with Crippen molar-refractivity contribution in [3.8, 4) is 0 Å². The molecule has 1 fully saturated rings. The Morgan fingerprint density at radius 2 is 1.86 bits per heavy atom. The van der Waals surface area contributed by atoms with Crippen molar-refractivity contribution >= 4 is 11.8 Å². The van der Waals surface area contributed by atoms with E-state index in [4.69, 9.17) is 15.3 Å². The molecule has 1 saturated heterocycles. The molecule has 148 valence electrons. The topological polar surface area (TPSA) is 90.0 Å². The average Bonchev–Trinajstić information content (AvgIpc) is 2.75. The second-order valence-corrected chi connectivity index (χ2v) is 6.77. The molecule has 0 radical (unpaired) electrons. The number of oxime groups is 1. The number of carbonyl (C=O) groups is 1. The van der Waals surface area contributed by atoms with Crippen LogP contribution < -0.4 is 5.73 Å². The number of benzene rings is 1. The Morgan fingerprint density at radius 3 is 2.57 bits per heavy atom. The maximum atomic E-state index is 12.5. The number of nitrogens with two attached hydrogens (primary N) is 1. The van der Waals surface area contributed by atoms with E-state index in [9.17, 15) is 4.79 Å². The molecular formula is C21H26N4O3. The normalized spacial score (nSPS) is 16.4. The summed E-state index contributed by atoms with van der Waals surface area (Å²) in [5, 5.41) is 3.95. The van der Waals surface area contributed by atoms with Gasteiger partial charge in [0.25, 0.3) is 0 Å². The number of rotatable bonds is 8. The second-order valence-electron chi connectivity index (χ2n) is 6.77. The number of hydrogen-bond acceptors (Lipinski definition) is 6. The Kier molecular flexibility index (Phi) is 7.37. The molecule has 1 aromatic carbocycles. The molecule has 2 heterocycles. The summed E-state index contributed by atoms with van der Waals surface area (Å²) >= 11 is 0. The Balaban J connectivity index is 1.61. The quantitative estimate of drug-likeness (QED) is 0.326. The van der Waals surface area contributed by atoms with Crippen LogP contribution in [0.1, 0.15) is 35.2 Å². The van der Waals surface area contributed by atoms with Gasteiger partial charge < -0.3 is 15.3 Å². The van der Waals surface area contributed by atoms with Gasteiger partial charge in [0.1, 0.15) is 0 Å². The zero-order valence-electron chi connectivity index (χ0n) is 15.9. The van der Waals surface area contributed by atoms with Gasteiger partial charge in [-0.3, -0.25) is 9.88 Å². The third-order valence-corrected chi connectivity index (χ3v) is 4.57. The molecule has 28 heavy (non-hydrogen) atoms. The number of pyridine rings is 1. The third-order valence-electron chi connectivity index (χ3n) is 4.57. The minimum Gasteiger partial charge on any atom is -0.454 e. The Hall–Kier alpha value is -2.93. The summed E-state index contributed by atoms with van der Waals surface area (Å²) in [6.45, 7) is 2.75. The average molecular weight is 382 g/mol. The van der Waals surface area contributed by atoms with Crippen LogP contribution in [0.15, 0.2) is 60.0 Å². The summed E-state index contributed by atoms with van der Waals surface area (Å²) in [6.07, 6.45) is 6.40. The van der Waals surface area contributed by atoms with Crippen LogP contribution in [-0.4, -0.2) is 54.0 Å². The highest BCUT2D eigenvalue weighted by Crippen LogP contribution is 2.12. The standard InChI is InChI=1S/C21H26N4O3/c22-20(18-10-7-11-23-14-18)24-27-16-19(15-25-12-5-2-6-13-25)28-21(26)17-8-3-1-4-9-17/h1,3-4,7-11,14,19H,2,5-6,12-13,15-16H2,(H2,22,24). The van der Waals surface area contributed by atoms with E-state index in [-0.39, 0.29) is 18.4 Å². The predicted molar refractivity (Wildman–Crippen MR) is 107 cm³/mol. The molecule has 7 heteroatoms. The van der Waals surface area contributed by atoms with Crippen LogP contribution in [0.25, 0.3) is 0 Å². The van der Waals surface area contributed by atoms with Gasteiger partial charge >= 0.3 is 5.97 Å². The number of esters is 1. The molecule has 0 amide bonds. The number of hydrogen-bond donors (Lipinski definition) is 1. The molecule has 0 saturated carbocycles. The van der Waals surface area contributed by atoms with Gasteiger partial charge in [0.2, 0.25) is 0 Å². The number of ether oxygens (including phenoxy) is 1. The van der Waals surface area contributed by atoms with Crippen LogP contribution in [0.2, 0.25) is 0 Å². The van der Waals surface area contributed by atoms with Crippen LogP contribution in [0, 0.1) is 0 Å². The van der Waals surface area contributed by atoms with Gasteiger partial charge in [0.15, 0.2) is 18.5 Å². The number of carbonyl (C=O) groups excluding carboxylic acids is 1. The number of nitrogens with zero attached hydrogens (tertiary/aromatic N) is 3. The van der Waals surface area contributed by atoms with Crippen molar-refractivity contribution in [2.75, 3.05) is 26.2 Å². The van der Waals surface area contributed by atoms with Crippen LogP contribution >= 0.6 is 0 Å². The molecule has 0 spiro atoms. The van der Waals surface area contributed by atoms with Gasteiger partial charge in [-0.05, 0) is 50.2 Å². The van der Waals surface area contributed by atoms with Gasteiger partial charge in [-0.15, -0.1) is 0 Å². The van der Waals surface area contributed by atoms with Crippen molar-refractivity contribution in [2.24, 2.45) is 10.9 Å². The van der Waals surface area contributed by atoms with Crippen molar-refractivity contribution in [3.63, 3.8) is 0 Å². The van der Waals surface area contributed by atoms with E-state index in [1.165, 1.54) is 6.42 Å². The molecule has 2 N–H and O–H groups in total. The third kappa shape index (κ3) is 6.06. The van der Waals surface area contributed by atoms with Crippen LogP contribution in [0.5, 0.6) is 0 Å². The summed E-state index contributed by atoms with van der Waals surface area (Å²) in [7, 11) is 0. The van der Waals surface area contributed by atoms with Crippen LogP contribution in [0.3, 0.4) is 0 Å². The largest absolute Gasteiger partial charge is 0.454 e. The summed E-state index contributed by atoms with van der Waals surface area (Å²) < 4.78 is 5.70. The highest BCUT2D eigenvalue weighted by Gasteiger charge is 2.21. The molecule has 1 aromatic heterocycles. The van der Waals surface area contributed by atoms with E-state index >= 15 is 0 Å². The zero-order valence-corrected chi connectivity index (χ0v) is 15.9. The van der Waals surface area contributed by atoms with E-state index in [1.807, 2.05) is 18.2 Å². The van der Waals surface area contributed by atoms with E-state index in [0.29, 0.717) is 17.7 Å². The lowest BCUT2D eigenvalue weighted by Crippen LogP contribution is -2.40. The highest BCUT2D eigenvalue weighted by atomic mass is 16.6. The summed E-state index contributed by atoms with van der Waals surface area (Å²) in [5.41, 5.74) is 7.12. The molecule has 0 bridgehead atoms. The lowest BCUT2D eigenvalue weighted by Gasteiger charge is -2.29. The van der Waals surface area contributed by atoms with E-state index in [1.54, 1.807) is 36.7 Å². The summed E-state index contributed by atoms with van der Waals surface area (Å²) in [6, 6.07) is 12.5. The first kappa shape index (κ1) is 19.8. The van der Waals surface area contributed by atoms with Crippen molar-refractivity contribution in [3.05, 3.63) is 66.0 Å². The molecule has 3 rings (SSSR count). The van der Waals surface area contributed by atoms with Gasteiger partial charge in [-0.2, -0.15) is 0 Å². The number of amidine groups is 1. The summed E-state index contributed by atoms with van der Waals surface area (Å²) in [4.78, 5) is 24.2. The smallest absolute Gasteiger partial charge is 0.338 e. The first-order chi connectivity index (χ1) is 13.7. The zero-order chi connectivity index (χ0) is 19.6. The van der Waals surface area contributed by atoms with E-state index < -0.39 is 6.10 Å². The van der Waals surface area contributed by atoms with Gasteiger partial charge in [-0.1, -0.05) is 29.8 Å². The first-order valence-electron chi connectivity index (χ1n) is 9.56. The maximum Gasteiger partial charge on any atom is 0.338 e. The molecular weight excluding hydrogens is 356 g/mol. The van der Waals surface area contributed by atoms with Crippen molar-refractivity contribution in [2.45, 2.75) is 25.4 Å². The Morgan fingerprint density at radius 1 is 1.11 bits per heavy atom. The lowest BCUT2D eigenvalue weighted by atomic mass is 10.1. The minimum atomic E-state index is -0.434. The number of piperidine rings is 1. The highest BCUT2D eigenvalue weighted by molar-refractivity contribution is 5.96. The van der Waals surface area contributed by atoms with Crippen molar-refractivity contribution < 1.29 is 14.4 Å². The Labute approximate surface area is 165 Å². The maximum absolute atomic E-state index is 12.5. The van der Waals surface area contributed by atoms with Crippen LogP contribution in [0.4, 0.5) is 0 Å². The minimum absolute atomic E-state index is 0.135. The van der Waals surface area contributed by atoms with Crippen molar-refractivity contribution in [1.29, 1.82) is 0 Å². The van der Waals surface area contributed by atoms with Crippen LogP contribution in [-0.2, 0) is 9.57 Å². The lowest BCUT2D eigenvalue weighted by molar-refractivity contribution is -0.0170. The van der Waals surface area contributed by atoms with Gasteiger partial charge in [0, 0.05) is 24.5 Å². The molecule has 2 aromatic rings. The van der Waals surface area contributed by atoms with Gasteiger partial charge in [-0.25, -0.2) is 4.79 Å². The number of aromatic nitrogens is 1. The van der Waals surface area contributed by atoms with E-state index in [0.717, 1.165) is 25.9 Å². The molecule has 1 aliphatic heterocycles. The SMILES string of the molecule is NC(=NOCC(CN1CCCCC1)OC(=O)c1ccccc1)c1cccnc1. The monoisotopic (exact) mass is 382 g/mol. The van der Waals surface area contributed by atoms with E-state index in [2.05, 4.69) is 15.0 Å². The molecule has 1 unspecified atom stereocenters. The fourth-order valence-corrected chi connectivity index (χ4v) is 3.10. The molecule has 7 nitrogen and oxygen atoms in total. The molecule has 1 atom stereocenters. The predicted octanol–water partition coefficient (Wildman–Crippen LogP) is 2.43. The fraction of sp³-hybridized carbons (Fsp3) is 0.381. The van der Waals surface area contributed by atoms with Crippen molar-refractivity contribution in [1.82, 2.24) is 9.88 Å². The fourth-order valence-electron chi connectivity index (χ4n) is 3.10. The summed E-state index contributed by atoms with van der Waals surface area (Å²) in [5.74, 6) is -0.130. The molecule has 0 aliphatic carbocycles. The number of likely N-dealkylation sites (tertiary alicyclic amines) is 1. The first-order valence-corrected chi connectivity index (χ1v) is 9.56.